The zero-order chi connectivity index (χ0) is 18.4. The third kappa shape index (κ3) is 4.07. The third-order valence-electron chi connectivity index (χ3n) is 3.53. The molecule has 0 radical (unpaired) electrons. The molecule has 130 valence electrons. The molecule has 1 heterocycles. The SMILES string of the molecule is COc1ccc(-c2cncc(C(=O)NN=Cc3ccccc3F)n2)cc1. The summed E-state index contributed by atoms with van der Waals surface area (Å²) < 4.78 is 18.6. The van der Waals surface area contributed by atoms with Crippen molar-refractivity contribution in [3.8, 4) is 17.0 Å². The number of hydrazone groups is 1. The average molecular weight is 350 g/mol. The lowest BCUT2D eigenvalue weighted by Gasteiger charge is -2.04. The minimum absolute atomic E-state index is 0.101. The molecule has 26 heavy (non-hydrogen) atoms. The first-order valence-corrected chi connectivity index (χ1v) is 7.72. The highest BCUT2D eigenvalue weighted by atomic mass is 19.1. The van der Waals surface area contributed by atoms with Gasteiger partial charge in [-0.2, -0.15) is 5.10 Å². The molecular weight excluding hydrogens is 335 g/mol. The van der Waals surface area contributed by atoms with Crippen LogP contribution in [0.2, 0.25) is 0 Å². The van der Waals surface area contributed by atoms with Crippen LogP contribution in [0.15, 0.2) is 66.0 Å². The summed E-state index contributed by atoms with van der Waals surface area (Å²) in [6, 6.07) is 13.3. The maximum Gasteiger partial charge on any atom is 0.291 e. The number of hydrogen-bond acceptors (Lipinski definition) is 5. The van der Waals surface area contributed by atoms with E-state index >= 15 is 0 Å². The quantitative estimate of drug-likeness (QED) is 0.567. The number of nitrogens with zero attached hydrogens (tertiary/aromatic N) is 3. The average Bonchev–Trinajstić information content (AvgIpc) is 2.69. The van der Waals surface area contributed by atoms with Crippen LogP contribution < -0.4 is 10.2 Å². The van der Waals surface area contributed by atoms with Crippen LogP contribution in [0.25, 0.3) is 11.3 Å². The number of hydrogen-bond donors (Lipinski definition) is 1. The second kappa shape index (κ2) is 7.98. The highest BCUT2D eigenvalue weighted by molar-refractivity contribution is 5.93. The Morgan fingerprint density at radius 1 is 1.15 bits per heavy atom. The summed E-state index contributed by atoms with van der Waals surface area (Å²) in [5.41, 5.74) is 4.02. The molecule has 1 amide bonds. The number of halogens is 1. The van der Waals surface area contributed by atoms with Crippen molar-refractivity contribution < 1.29 is 13.9 Å². The van der Waals surface area contributed by atoms with E-state index in [1.54, 1.807) is 43.6 Å². The van der Waals surface area contributed by atoms with Crippen molar-refractivity contribution in [2.45, 2.75) is 0 Å². The number of amides is 1. The molecule has 0 saturated carbocycles. The molecule has 3 aromatic rings. The molecule has 0 unspecified atom stereocenters. The van der Waals surface area contributed by atoms with Crippen LogP contribution in [0.4, 0.5) is 4.39 Å². The Morgan fingerprint density at radius 2 is 1.92 bits per heavy atom. The molecule has 0 atom stereocenters. The molecule has 6 nitrogen and oxygen atoms in total. The maximum absolute atomic E-state index is 13.5. The maximum atomic E-state index is 13.5. The fraction of sp³-hybridized carbons (Fsp3) is 0.0526. The van der Waals surface area contributed by atoms with Crippen molar-refractivity contribution in [1.82, 2.24) is 15.4 Å². The van der Waals surface area contributed by atoms with Crippen molar-refractivity contribution in [3.63, 3.8) is 0 Å². The lowest BCUT2D eigenvalue weighted by atomic mass is 10.1. The standard InChI is InChI=1S/C19H15FN4O2/c1-26-15-8-6-13(7-9-15)17-11-21-12-18(23-17)19(25)24-22-10-14-4-2-3-5-16(14)20/h2-12H,1H3,(H,24,25). The van der Waals surface area contributed by atoms with E-state index < -0.39 is 11.7 Å². The first kappa shape index (κ1) is 17.2. The number of rotatable bonds is 5. The first-order chi connectivity index (χ1) is 12.7. The second-order valence-electron chi connectivity index (χ2n) is 5.24. The van der Waals surface area contributed by atoms with E-state index in [1.165, 1.54) is 18.5 Å². The fourth-order valence-electron chi connectivity index (χ4n) is 2.17. The van der Waals surface area contributed by atoms with Gasteiger partial charge in [0.05, 0.1) is 31.4 Å². The number of carbonyl (C=O) groups excluding carboxylic acids is 1. The number of benzene rings is 2. The molecule has 1 aromatic heterocycles. The van der Waals surface area contributed by atoms with Gasteiger partial charge in [-0.05, 0) is 30.3 Å². The van der Waals surface area contributed by atoms with E-state index in [2.05, 4.69) is 20.5 Å². The molecule has 0 fully saturated rings. The summed E-state index contributed by atoms with van der Waals surface area (Å²) in [7, 11) is 1.58. The number of ether oxygens (including phenoxy) is 1. The smallest absolute Gasteiger partial charge is 0.291 e. The van der Waals surface area contributed by atoms with Gasteiger partial charge in [-0.1, -0.05) is 18.2 Å². The van der Waals surface area contributed by atoms with E-state index in [9.17, 15) is 9.18 Å². The zero-order valence-electron chi connectivity index (χ0n) is 13.9. The topological polar surface area (TPSA) is 76.5 Å². The molecule has 0 spiro atoms. The molecule has 2 aromatic carbocycles. The summed E-state index contributed by atoms with van der Waals surface area (Å²) in [5, 5.41) is 3.75. The fourth-order valence-corrected chi connectivity index (χ4v) is 2.17. The highest BCUT2D eigenvalue weighted by Gasteiger charge is 2.09. The van der Waals surface area contributed by atoms with Crippen molar-refractivity contribution in [2.75, 3.05) is 7.11 Å². The van der Waals surface area contributed by atoms with Crippen LogP contribution in [-0.2, 0) is 0 Å². The largest absolute Gasteiger partial charge is 0.497 e. The van der Waals surface area contributed by atoms with E-state index in [4.69, 9.17) is 4.74 Å². The van der Waals surface area contributed by atoms with Crippen LogP contribution in [0.5, 0.6) is 5.75 Å². The lowest BCUT2D eigenvalue weighted by Crippen LogP contribution is -2.19. The van der Waals surface area contributed by atoms with Gasteiger partial charge in [0, 0.05) is 11.1 Å². The van der Waals surface area contributed by atoms with Crippen LogP contribution in [-0.4, -0.2) is 29.2 Å². The van der Waals surface area contributed by atoms with Gasteiger partial charge in [-0.15, -0.1) is 0 Å². The number of carbonyl (C=O) groups is 1. The van der Waals surface area contributed by atoms with Crippen LogP contribution in [0.3, 0.4) is 0 Å². The second-order valence-corrected chi connectivity index (χ2v) is 5.24. The Bertz CT molecular complexity index is 942. The predicted molar refractivity (Wildman–Crippen MR) is 95.5 cm³/mol. The van der Waals surface area contributed by atoms with Crippen LogP contribution in [0, 0.1) is 5.82 Å². The molecule has 0 aliphatic rings. The van der Waals surface area contributed by atoms with Gasteiger partial charge in [0.15, 0.2) is 0 Å². The summed E-state index contributed by atoms with van der Waals surface area (Å²) in [6.45, 7) is 0. The Balaban J connectivity index is 1.72. The molecular formula is C19H15FN4O2. The summed E-state index contributed by atoms with van der Waals surface area (Å²) in [4.78, 5) is 20.5. The van der Waals surface area contributed by atoms with Gasteiger partial charge in [0.25, 0.3) is 5.91 Å². The third-order valence-corrected chi connectivity index (χ3v) is 3.53. The van der Waals surface area contributed by atoms with Gasteiger partial charge in [0.1, 0.15) is 17.3 Å². The molecule has 0 bridgehead atoms. The van der Waals surface area contributed by atoms with Gasteiger partial charge in [0.2, 0.25) is 0 Å². The number of aromatic nitrogens is 2. The predicted octanol–water partition coefficient (Wildman–Crippen LogP) is 3.06. The van der Waals surface area contributed by atoms with Crippen molar-refractivity contribution in [1.29, 1.82) is 0 Å². The van der Waals surface area contributed by atoms with E-state index in [-0.39, 0.29) is 11.3 Å². The van der Waals surface area contributed by atoms with Crippen molar-refractivity contribution >= 4 is 12.1 Å². The Labute approximate surface area is 149 Å². The zero-order valence-corrected chi connectivity index (χ0v) is 13.9. The Morgan fingerprint density at radius 3 is 2.65 bits per heavy atom. The number of methoxy groups -OCH3 is 1. The lowest BCUT2D eigenvalue weighted by molar-refractivity contribution is 0.0950. The van der Waals surface area contributed by atoms with E-state index in [0.717, 1.165) is 11.3 Å². The van der Waals surface area contributed by atoms with Gasteiger partial charge >= 0.3 is 0 Å². The van der Waals surface area contributed by atoms with Crippen LogP contribution >= 0.6 is 0 Å². The Kier molecular flexibility index (Phi) is 5.28. The van der Waals surface area contributed by atoms with Gasteiger partial charge in [-0.25, -0.2) is 14.8 Å². The molecule has 1 N–H and O–H groups in total. The van der Waals surface area contributed by atoms with Gasteiger partial charge in [-0.3, -0.25) is 9.78 Å². The van der Waals surface area contributed by atoms with Crippen molar-refractivity contribution in [3.05, 3.63) is 78.0 Å². The minimum Gasteiger partial charge on any atom is -0.497 e. The van der Waals surface area contributed by atoms with Crippen molar-refractivity contribution in [2.24, 2.45) is 5.10 Å². The number of nitrogens with one attached hydrogen (secondary N) is 1. The monoisotopic (exact) mass is 350 g/mol. The van der Waals surface area contributed by atoms with Gasteiger partial charge < -0.3 is 4.74 Å². The summed E-state index contributed by atoms with van der Waals surface area (Å²) in [5.74, 6) is -0.245. The molecule has 0 aliphatic heterocycles. The molecule has 0 saturated heterocycles. The molecule has 3 rings (SSSR count). The summed E-state index contributed by atoms with van der Waals surface area (Å²) >= 11 is 0. The minimum atomic E-state index is -0.541. The van der Waals surface area contributed by atoms with E-state index in [0.29, 0.717) is 5.69 Å². The van der Waals surface area contributed by atoms with Crippen LogP contribution in [0.1, 0.15) is 16.1 Å². The molecule has 0 aliphatic carbocycles. The normalized spacial score (nSPS) is 10.7. The first-order valence-electron chi connectivity index (χ1n) is 7.72. The Hall–Kier alpha value is -3.61. The highest BCUT2D eigenvalue weighted by Crippen LogP contribution is 2.20. The summed E-state index contributed by atoms with van der Waals surface area (Å²) in [6.07, 6.45) is 4.12. The van der Waals surface area contributed by atoms with E-state index in [1.807, 2.05) is 12.1 Å². The molecule has 7 heteroatoms.